The molecule has 10 nitrogen and oxygen atoms in total. The van der Waals surface area contributed by atoms with Crippen LogP contribution in [0.1, 0.15) is 10.4 Å². The molecule has 0 fully saturated rings. The van der Waals surface area contributed by atoms with Crippen molar-refractivity contribution >= 4 is 23.3 Å². The Kier molecular flexibility index (Phi) is 5.17. The van der Waals surface area contributed by atoms with E-state index in [0.717, 1.165) is 6.07 Å². The molecule has 0 aliphatic rings. The average molecular weight is 329 g/mol. The summed E-state index contributed by atoms with van der Waals surface area (Å²) in [5, 5.41) is 24.1. The van der Waals surface area contributed by atoms with Crippen LogP contribution in [0.25, 0.3) is 10.4 Å². The minimum atomic E-state index is -1.13. The van der Waals surface area contributed by atoms with Crippen molar-refractivity contribution in [2.75, 3.05) is 11.9 Å². The highest BCUT2D eigenvalue weighted by Gasteiger charge is 2.12. The Morgan fingerprint density at radius 2 is 2.12 bits per heavy atom. The smallest absolute Gasteiger partial charge is 0.341 e. The zero-order valence-corrected chi connectivity index (χ0v) is 12.1. The SMILES string of the molecule is [N-]=[N+]=Nc1ccc(C(=O)Nc2ccc(OCC(=O)O)nc2)c(O)c1. The van der Waals surface area contributed by atoms with Crippen molar-refractivity contribution < 1.29 is 24.5 Å². The van der Waals surface area contributed by atoms with Gasteiger partial charge in [0.25, 0.3) is 5.91 Å². The first-order valence-electron chi connectivity index (χ1n) is 6.49. The van der Waals surface area contributed by atoms with Gasteiger partial charge >= 0.3 is 5.97 Å². The predicted molar refractivity (Wildman–Crippen MR) is 82.2 cm³/mol. The number of hydrogen-bond donors (Lipinski definition) is 3. The molecular weight excluding hydrogens is 318 g/mol. The van der Waals surface area contributed by atoms with Crippen LogP contribution in [0.15, 0.2) is 41.6 Å². The number of benzene rings is 1. The van der Waals surface area contributed by atoms with Gasteiger partial charge in [0.1, 0.15) is 5.75 Å². The molecule has 3 N–H and O–H groups in total. The van der Waals surface area contributed by atoms with Crippen molar-refractivity contribution in [2.45, 2.75) is 0 Å². The molecule has 0 unspecified atom stereocenters. The second-order valence-corrected chi connectivity index (χ2v) is 4.41. The number of carbonyl (C=O) groups is 2. The summed E-state index contributed by atoms with van der Waals surface area (Å²) in [6, 6.07) is 6.72. The summed E-state index contributed by atoms with van der Waals surface area (Å²) in [5.41, 5.74) is 8.80. The molecule has 1 aromatic heterocycles. The number of nitrogens with zero attached hydrogens (tertiary/aromatic N) is 4. The Morgan fingerprint density at radius 3 is 2.71 bits per heavy atom. The number of phenols is 1. The van der Waals surface area contributed by atoms with Crippen molar-refractivity contribution in [1.82, 2.24) is 4.98 Å². The van der Waals surface area contributed by atoms with Crippen LogP contribution in [0, 0.1) is 0 Å². The van der Waals surface area contributed by atoms with Crippen molar-refractivity contribution in [1.29, 1.82) is 0 Å². The van der Waals surface area contributed by atoms with Crippen LogP contribution in [0.4, 0.5) is 11.4 Å². The highest BCUT2D eigenvalue weighted by atomic mass is 16.5. The molecule has 122 valence electrons. The molecule has 0 atom stereocenters. The zero-order valence-electron chi connectivity index (χ0n) is 12.1. The van der Waals surface area contributed by atoms with Crippen LogP contribution < -0.4 is 10.1 Å². The molecule has 1 aromatic carbocycles. The predicted octanol–water partition coefficient (Wildman–Crippen LogP) is 2.44. The molecule has 0 aliphatic heterocycles. The maximum absolute atomic E-state index is 12.1. The normalized spacial score (nSPS) is 9.67. The van der Waals surface area contributed by atoms with E-state index in [-0.39, 0.29) is 22.9 Å². The third kappa shape index (κ3) is 4.36. The molecule has 0 saturated carbocycles. The number of nitrogens with one attached hydrogen (secondary N) is 1. The Labute approximate surface area is 135 Å². The molecule has 2 rings (SSSR count). The lowest BCUT2D eigenvalue weighted by atomic mass is 10.1. The quantitative estimate of drug-likeness (QED) is 0.419. The van der Waals surface area contributed by atoms with Gasteiger partial charge in [-0.15, -0.1) is 0 Å². The first kappa shape index (κ1) is 16.6. The fraction of sp³-hybridized carbons (Fsp3) is 0.0714. The molecule has 1 heterocycles. The van der Waals surface area contributed by atoms with Gasteiger partial charge < -0.3 is 20.3 Å². The van der Waals surface area contributed by atoms with Gasteiger partial charge in [-0.2, -0.15) is 0 Å². The molecular formula is C14H11N5O5. The van der Waals surface area contributed by atoms with Crippen LogP contribution in [0.2, 0.25) is 0 Å². The van der Waals surface area contributed by atoms with Gasteiger partial charge in [-0.25, -0.2) is 9.78 Å². The van der Waals surface area contributed by atoms with E-state index in [2.05, 4.69) is 20.3 Å². The molecule has 0 bridgehead atoms. The highest BCUT2D eigenvalue weighted by Crippen LogP contribution is 2.25. The van der Waals surface area contributed by atoms with E-state index in [1.807, 2.05) is 0 Å². The summed E-state index contributed by atoms with van der Waals surface area (Å²) in [4.78, 5) is 28.9. The molecule has 10 heteroatoms. The van der Waals surface area contributed by atoms with Crippen LogP contribution >= 0.6 is 0 Å². The molecule has 0 radical (unpaired) electrons. The van der Waals surface area contributed by atoms with Gasteiger partial charge in [0.05, 0.1) is 17.4 Å². The number of ether oxygens (including phenoxy) is 1. The van der Waals surface area contributed by atoms with Crippen LogP contribution in [-0.4, -0.2) is 33.7 Å². The number of azide groups is 1. The van der Waals surface area contributed by atoms with Gasteiger partial charge in [-0.1, -0.05) is 11.2 Å². The van der Waals surface area contributed by atoms with Crippen molar-refractivity contribution in [3.63, 3.8) is 0 Å². The molecule has 0 saturated heterocycles. The van der Waals surface area contributed by atoms with Crippen molar-refractivity contribution in [3.8, 4) is 11.6 Å². The zero-order chi connectivity index (χ0) is 17.5. The van der Waals surface area contributed by atoms with Crippen molar-refractivity contribution in [2.24, 2.45) is 5.11 Å². The second kappa shape index (κ2) is 7.47. The third-order valence-corrected chi connectivity index (χ3v) is 2.72. The summed E-state index contributed by atoms with van der Waals surface area (Å²) >= 11 is 0. The fourth-order valence-electron chi connectivity index (χ4n) is 1.70. The fourth-order valence-corrected chi connectivity index (χ4v) is 1.70. The Bertz CT molecular complexity index is 815. The summed E-state index contributed by atoms with van der Waals surface area (Å²) in [7, 11) is 0. The van der Waals surface area contributed by atoms with Gasteiger partial charge in [0.15, 0.2) is 6.61 Å². The molecule has 1 amide bonds. The summed E-state index contributed by atoms with van der Waals surface area (Å²) in [6.07, 6.45) is 1.28. The van der Waals surface area contributed by atoms with Crippen LogP contribution in [0.3, 0.4) is 0 Å². The maximum atomic E-state index is 12.1. The van der Waals surface area contributed by atoms with Gasteiger partial charge in [-0.05, 0) is 23.7 Å². The molecule has 24 heavy (non-hydrogen) atoms. The summed E-state index contributed by atoms with van der Waals surface area (Å²) < 4.78 is 4.86. The number of phenolic OH excluding ortho intramolecular Hbond substituents is 1. The Balaban J connectivity index is 2.06. The number of aliphatic carboxylic acids is 1. The number of carboxylic acid groups (broad SMARTS) is 1. The van der Waals surface area contributed by atoms with Gasteiger partial charge in [0, 0.05) is 16.7 Å². The topological polar surface area (TPSA) is 158 Å². The lowest BCUT2D eigenvalue weighted by Crippen LogP contribution is -2.13. The molecule has 0 spiro atoms. The lowest BCUT2D eigenvalue weighted by Gasteiger charge is -2.08. The van der Waals surface area contributed by atoms with Crippen molar-refractivity contribution in [3.05, 3.63) is 52.5 Å². The maximum Gasteiger partial charge on any atom is 0.341 e. The minimum Gasteiger partial charge on any atom is -0.507 e. The van der Waals surface area contributed by atoms with E-state index >= 15 is 0 Å². The van der Waals surface area contributed by atoms with E-state index in [1.54, 1.807) is 0 Å². The largest absolute Gasteiger partial charge is 0.507 e. The number of carboxylic acids is 1. The minimum absolute atomic E-state index is 0.0157. The highest BCUT2D eigenvalue weighted by molar-refractivity contribution is 6.06. The number of carbonyl (C=O) groups excluding carboxylic acids is 1. The number of aromatic hydroxyl groups is 1. The van der Waals surface area contributed by atoms with Crippen LogP contribution in [-0.2, 0) is 4.79 Å². The number of amides is 1. The summed E-state index contributed by atoms with van der Waals surface area (Å²) in [6.45, 7) is -0.524. The average Bonchev–Trinajstić information content (AvgIpc) is 2.54. The summed E-state index contributed by atoms with van der Waals surface area (Å²) in [5.74, 6) is -1.97. The van der Waals surface area contributed by atoms with E-state index in [4.69, 9.17) is 15.4 Å². The molecule has 0 aliphatic carbocycles. The van der Waals surface area contributed by atoms with Gasteiger partial charge in [-0.3, -0.25) is 4.79 Å². The van der Waals surface area contributed by atoms with E-state index in [0.29, 0.717) is 5.69 Å². The number of pyridine rings is 1. The van der Waals surface area contributed by atoms with E-state index in [9.17, 15) is 14.7 Å². The second-order valence-electron chi connectivity index (χ2n) is 4.41. The number of hydrogen-bond acceptors (Lipinski definition) is 6. The Hall–Kier alpha value is -3.78. The van der Waals surface area contributed by atoms with E-state index < -0.39 is 18.5 Å². The van der Waals surface area contributed by atoms with E-state index in [1.165, 1.54) is 30.5 Å². The first-order chi connectivity index (χ1) is 11.5. The lowest BCUT2D eigenvalue weighted by molar-refractivity contribution is -0.139. The number of aromatic nitrogens is 1. The van der Waals surface area contributed by atoms with Crippen LogP contribution in [0.5, 0.6) is 11.6 Å². The first-order valence-corrected chi connectivity index (χ1v) is 6.49. The number of rotatable bonds is 6. The molecule has 2 aromatic rings. The monoisotopic (exact) mass is 329 g/mol. The van der Waals surface area contributed by atoms with Gasteiger partial charge in [0.2, 0.25) is 5.88 Å². The Morgan fingerprint density at radius 1 is 1.33 bits per heavy atom. The number of anilines is 1. The third-order valence-electron chi connectivity index (χ3n) is 2.72. The standard InChI is InChI=1S/C14H11N5O5/c15-19-18-8-1-3-10(11(20)5-8)14(23)17-9-2-4-12(16-6-9)24-7-13(21)22/h1-6,20H,7H2,(H,17,23)(H,21,22).